The first kappa shape index (κ1) is 17.7. The highest BCUT2D eigenvalue weighted by atomic mass is 16.1. The van der Waals surface area contributed by atoms with Crippen LogP contribution in [0.15, 0.2) is 41.5 Å². The second kappa shape index (κ2) is 6.64. The van der Waals surface area contributed by atoms with E-state index in [4.69, 9.17) is 0 Å². The predicted octanol–water partition coefficient (Wildman–Crippen LogP) is 3.08. The maximum absolute atomic E-state index is 12.4. The summed E-state index contributed by atoms with van der Waals surface area (Å²) in [6.07, 6.45) is 3.19. The fraction of sp³-hybridized carbons (Fsp3) is 0.286. The summed E-state index contributed by atoms with van der Waals surface area (Å²) in [7, 11) is 4.00. The number of H-pyrrole nitrogens is 1. The highest BCUT2D eigenvalue weighted by Gasteiger charge is 2.18. The van der Waals surface area contributed by atoms with Gasteiger partial charge < -0.3 is 9.88 Å². The molecule has 0 aliphatic rings. The van der Waals surface area contributed by atoms with Gasteiger partial charge in [-0.05, 0) is 24.3 Å². The molecule has 132 valence electrons. The van der Waals surface area contributed by atoms with Crippen molar-refractivity contribution in [3.8, 4) is 11.8 Å². The molecule has 3 aromatic rings. The van der Waals surface area contributed by atoms with Crippen molar-refractivity contribution in [2.75, 3.05) is 19.0 Å². The van der Waals surface area contributed by atoms with Crippen LogP contribution in [0.4, 0.5) is 5.69 Å². The molecule has 0 aliphatic carbocycles. The summed E-state index contributed by atoms with van der Waals surface area (Å²) in [5.41, 5.74) is 2.80. The minimum absolute atomic E-state index is 0.189. The number of aromatic amines is 1. The van der Waals surface area contributed by atoms with Gasteiger partial charge in [0, 0.05) is 43.2 Å². The fourth-order valence-corrected chi connectivity index (χ4v) is 2.48. The Kier molecular flexibility index (Phi) is 4.52. The van der Waals surface area contributed by atoms with Crippen molar-refractivity contribution in [3.63, 3.8) is 0 Å². The predicted molar refractivity (Wildman–Crippen MR) is 106 cm³/mol. The lowest BCUT2D eigenvalue weighted by atomic mass is 9.95. The molecule has 3 rings (SSSR count). The number of nitrogens with zero attached hydrogens (tertiary/aromatic N) is 3. The Balaban J connectivity index is 2.09. The molecule has 2 aromatic heterocycles. The van der Waals surface area contributed by atoms with Gasteiger partial charge in [0.2, 0.25) is 0 Å². The average Bonchev–Trinajstić information content (AvgIpc) is 2.59. The van der Waals surface area contributed by atoms with Gasteiger partial charge in [0.1, 0.15) is 5.82 Å². The number of nitrogens with one attached hydrogen (secondary N) is 1. The molecule has 0 atom stereocenters. The first-order valence-electron chi connectivity index (χ1n) is 8.43. The normalized spacial score (nSPS) is 11.1. The van der Waals surface area contributed by atoms with Gasteiger partial charge in [-0.25, -0.2) is 4.98 Å². The van der Waals surface area contributed by atoms with Crippen molar-refractivity contribution in [1.82, 2.24) is 15.0 Å². The van der Waals surface area contributed by atoms with Gasteiger partial charge in [-0.3, -0.25) is 9.78 Å². The van der Waals surface area contributed by atoms with Crippen LogP contribution in [0.1, 0.15) is 37.7 Å². The van der Waals surface area contributed by atoms with Crippen molar-refractivity contribution in [2.24, 2.45) is 0 Å². The largest absolute Gasteiger partial charge is 0.378 e. The van der Waals surface area contributed by atoms with E-state index in [1.807, 2.05) is 64.0 Å². The lowest BCUT2D eigenvalue weighted by Crippen LogP contribution is -2.22. The third kappa shape index (κ3) is 3.60. The topological polar surface area (TPSA) is 61.9 Å². The van der Waals surface area contributed by atoms with E-state index in [2.05, 4.69) is 26.8 Å². The zero-order valence-corrected chi connectivity index (χ0v) is 15.7. The van der Waals surface area contributed by atoms with Gasteiger partial charge in [-0.1, -0.05) is 32.6 Å². The third-order valence-corrected chi connectivity index (χ3v) is 4.05. The van der Waals surface area contributed by atoms with Crippen molar-refractivity contribution in [3.05, 3.63) is 64.0 Å². The van der Waals surface area contributed by atoms with Crippen LogP contribution in [0.2, 0.25) is 0 Å². The monoisotopic (exact) mass is 346 g/mol. The van der Waals surface area contributed by atoms with Crippen LogP contribution in [-0.4, -0.2) is 29.0 Å². The average molecular weight is 346 g/mol. The number of benzene rings is 1. The molecule has 0 bridgehead atoms. The number of aromatic nitrogens is 3. The molecule has 0 fully saturated rings. The lowest BCUT2D eigenvalue weighted by molar-refractivity contribution is 0.546. The Morgan fingerprint density at radius 3 is 2.35 bits per heavy atom. The highest BCUT2D eigenvalue weighted by Crippen LogP contribution is 2.20. The number of hydrogen-bond acceptors (Lipinski definition) is 4. The van der Waals surface area contributed by atoms with E-state index in [1.54, 1.807) is 6.20 Å². The number of hydrogen-bond donors (Lipinski definition) is 1. The van der Waals surface area contributed by atoms with E-state index in [-0.39, 0.29) is 11.0 Å². The molecule has 0 radical (unpaired) electrons. The van der Waals surface area contributed by atoms with E-state index in [9.17, 15) is 4.79 Å². The zero-order chi connectivity index (χ0) is 18.9. The summed E-state index contributed by atoms with van der Waals surface area (Å²) in [6, 6.07) is 7.99. The lowest BCUT2D eigenvalue weighted by Gasteiger charge is -2.17. The first-order valence-corrected chi connectivity index (χ1v) is 8.43. The van der Waals surface area contributed by atoms with Crippen LogP contribution in [-0.2, 0) is 5.41 Å². The summed E-state index contributed by atoms with van der Waals surface area (Å²) in [4.78, 5) is 26.1. The van der Waals surface area contributed by atoms with Crippen molar-refractivity contribution >= 4 is 16.6 Å². The number of rotatable bonds is 1. The molecule has 1 N–H and O–H groups in total. The van der Waals surface area contributed by atoms with Gasteiger partial charge >= 0.3 is 0 Å². The Hall–Kier alpha value is -3.13. The van der Waals surface area contributed by atoms with E-state index in [0.29, 0.717) is 22.3 Å². The molecule has 0 amide bonds. The molecule has 5 heteroatoms. The molecule has 2 heterocycles. The summed E-state index contributed by atoms with van der Waals surface area (Å²) in [6.45, 7) is 6.03. The molecule has 5 nitrogen and oxygen atoms in total. The summed E-state index contributed by atoms with van der Waals surface area (Å²) < 4.78 is 0. The van der Waals surface area contributed by atoms with Crippen LogP contribution in [0.25, 0.3) is 10.9 Å². The minimum atomic E-state index is -0.261. The molecule has 26 heavy (non-hydrogen) atoms. The number of pyridine rings is 1. The van der Waals surface area contributed by atoms with Crippen molar-refractivity contribution in [1.29, 1.82) is 0 Å². The summed E-state index contributed by atoms with van der Waals surface area (Å²) in [5, 5.41) is 0.452. The van der Waals surface area contributed by atoms with Crippen molar-refractivity contribution < 1.29 is 0 Å². The molecular weight excluding hydrogens is 324 g/mol. The Morgan fingerprint density at radius 1 is 1.04 bits per heavy atom. The number of fused-ring (bicyclic) bond motifs is 1. The molecule has 0 aliphatic heterocycles. The van der Waals surface area contributed by atoms with E-state index in [0.717, 1.165) is 11.3 Å². The van der Waals surface area contributed by atoms with Gasteiger partial charge in [0.25, 0.3) is 5.56 Å². The van der Waals surface area contributed by atoms with Crippen LogP contribution >= 0.6 is 0 Å². The molecular formula is C21H22N4O. The van der Waals surface area contributed by atoms with Crippen LogP contribution in [0.3, 0.4) is 0 Å². The first-order chi connectivity index (χ1) is 12.3. The third-order valence-electron chi connectivity index (χ3n) is 4.05. The standard InChI is InChI=1S/C21H22N4O/c1-21(2,3)20-23-18-15(12-22-13-17(18)19(26)24-20)9-6-14-7-10-16(11-8-14)25(4)5/h7-8,10-13H,1-5H3,(H,23,24,26). The summed E-state index contributed by atoms with van der Waals surface area (Å²) in [5.74, 6) is 6.89. The maximum atomic E-state index is 12.4. The second-order valence-corrected chi connectivity index (χ2v) is 7.44. The summed E-state index contributed by atoms with van der Waals surface area (Å²) >= 11 is 0. The highest BCUT2D eigenvalue weighted by molar-refractivity contribution is 5.82. The Morgan fingerprint density at radius 2 is 1.73 bits per heavy atom. The molecule has 0 saturated carbocycles. The quantitative estimate of drug-likeness (QED) is 0.688. The van der Waals surface area contributed by atoms with Gasteiger partial charge in [0.05, 0.1) is 16.5 Å². The van der Waals surface area contributed by atoms with Crippen LogP contribution in [0, 0.1) is 11.8 Å². The number of anilines is 1. The maximum Gasteiger partial charge on any atom is 0.260 e. The van der Waals surface area contributed by atoms with Crippen LogP contribution in [0.5, 0.6) is 0 Å². The van der Waals surface area contributed by atoms with Gasteiger partial charge in [-0.15, -0.1) is 0 Å². The molecule has 0 saturated heterocycles. The molecule has 0 spiro atoms. The Bertz CT molecular complexity index is 1060. The van der Waals surface area contributed by atoms with E-state index >= 15 is 0 Å². The molecule has 0 unspecified atom stereocenters. The smallest absolute Gasteiger partial charge is 0.260 e. The second-order valence-electron chi connectivity index (χ2n) is 7.44. The zero-order valence-electron chi connectivity index (χ0n) is 15.7. The van der Waals surface area contributed by atoms with E-state index in [1.165, 1.54) is 6.20 Å². The van der Waals surface area contributed by atoms with Gasteiger partial charge in [0.15, 0.2) is 0 Å². The SMILES string of the molecule is CN(C)c1ccc(C#Cc2cncc3c(=O)[nH]c(C(C)(C)C)nc23)cc1. The van der Waals surface area contributed by atoms with Crippen LogP contribution < -0.4 is 10.5 Å². The fourth-order valence-electron chi connectivity index (χ4n) is 2.48. The minimum Gasteiger partial charge on any atom is -0.378 e. The molecule has 1 aromatic carbocycles. The van der Waals surface area contributed by atoms with Gasteiger partial charge in [-0.2, -0.15) is 0 Å². The Labute approximate surface area is 153 Å². The van der Waals surface area contributed by atoms with E-state index < -0.39 is 0 Å². The van der Waals surface area contributed by atoms with Crippen molar-refractivity contribution in [2.45, 2.75) is 26.2 Å².